The van der Waals surface area contributed by atoms with Crippen molar-refractivity contribution in [1.29, 1.82) is 0 Å². The predicted octanol–water partition coefficient (Wildman–Crippen LogP) is 0.728. The normalized spacial score (nSPS) is 29.8. The molecule has 0 aromatic heterocycles. The molecule has 0 saturated carbocycles. The zero-order chi connectivity index (χ0) is 26.7. The lowest BCUT2D eigenvalue weighted by molar-refractivity contribution is 0.0756. The smallest absolute Gasteiger partial charge is 0.387 e. The molecule has 1 aliphatic rings. The Morgan fingerprint density at radius 2 is 0.658 bits per heavy atom. The van der Waals surface area contributed by atoms with Crippen LogP contribution in [0, 0.1) is 0 Å². The summed E-state index contributed by atoms with van der Waals surface area (Å²) in [5.41, 5.74) is 0. The van der Waals surface area contributed by atoms with E-state index in [0.717, 1.165) is 0 Å². The molecule has 0 radical (unpaired) electrons. The van der Waals surface area contributed by atoms with Crippen LogP contribution in [0.15, 0.2) is 121 Å². The van der Waals surface area contributed by atoms with E-state index in [1.54, 1.807) is 97.1 Å². The zero-order valence-electron chi connectivity index (χ0n) is 20.9. The number of hydrogen-bond donors (Lipinski definition) is 2. The van der Waals surface area contributed by atoms with Crippen molar-refractivity contribution in [1.82, 2.24) is 0 Å². The van der Waals surface area contributed by atoms with Gasteiger partial charge in [-0.05, 0) is 0 Å². The molecule has 1 heterocycles. The molecule has 0 bridgehead atoms. The second-order valence-corrected chi connectivity index (χ2v) is 19.5. The van der Waals surface area contributed by atoms with Gasteiger partial charge in [0.1, 0.15) is 0 Å². The Hall–Kier alpha value is -2.57. The topological polar surface area (TPSA) is 95.8 Å². The Bertz CT molecular complexity index is 1220. The molecule has 1 fully saturated rings. The van der Waals surface area contributed by atoms with Gasteiger partial charge in [0, 0.05) is 35.0 Å². The lowest BCUT2D eigenvalue weighted by atomic mass is 10.4. The van der Waals surface area contributed by atoms with E-state index < -0.39 is 35.2 Å². The van der Waals surface area contributed by atoms with Crippen molar-refractivity contribution in [2.75, 3.05) is 14.2 Å². The van der Waals surface area contributed by atoms with Gasteiger partial charge in [0.2, 0.25) is 0 Å². The molecule has 38 heavy (non-hydrogen) atoms. The van der Waals surface area contributed by atoms with Gasteiger partial charge < -0.3 is 34.9 Å². The summed E-state index contributed by atoms with van der Waals surface area (Å²) in [5.74, 6) is 0. The van der Waals surface area contributed by atoms with Crippen LogP contribution < -0.4 is 20.7 Å². The molecule has 0 amide bonds. The van der Waals surface area contributed by atoms with Crippen LogP contribution in [0.5, 0.6) is 0 Å². The van der Waals surface area contributed by atoms with Gasteiger partial charge in [0.25, 0.3) is 0 Å². The lowest BCUT2D eigenvalue weighted by Crippen LogP contribution is -2.81. The second kappa shape index (κ2) is 10.9. The third-order valence-electron chi connectivity index (χ3n) is 6.16. The minimum absolute atomic E-state index is 0.411. The minimum Gasteiger partial charge on any atom is -0.387 e. The fourth-order valence-electron chi connectivity index (χ4n) is 4.27. The highest BCUT2D eigenvalue weighted by atomic mass is 28.6. The monoisotopic (exact) mass is 580 g/mol. The number of hydrogen-bond acceptors (Lipinski definition) is 8. The maximum atomic E-state index is 12.3. The summed E-state index contributed by atoms with van der Waals surface area (Å²) in [6.45, 7) is 0. The van der Waals surface area contributed by atoms with E-state index in [2.05, 4.69) is 0 Å². The summed E-state index contributed by atoms with van der Waals surface area (Å²) >= 11 is 0. The molecule has 8 nitrogen and oxygen atoms in total. The summed E-state index contributed by atoms with van der Waals surface area (Å²) in [4.78, 5) is 24.6. The van der Waals surface area contributed by atoms with Gasteiger partial charge in [-0.15, -0.1) is 0 Å². The van der Waals surface area contributed by atoms with Crippen LogP contribution in [0.3, 0.4) is 0 Å². The second-order valence-electron chi connectivity index (χ2n) is 8.56. The Kier molecular flexibility index (Phi) is 7.74. The van der Waals surface area contributed by atoms with E-state index in [1.165, 1.54) is 14.2 Å². The average Bonchev–Trinajstić information content (AvgIpc) is 2.97. The summed E-state index contributed by atoms with van der Waals surface area (Å²) in [6.07, 6.45) is 0. The van der Waals surface area contributed by atoms with E-state index in [9.17, 15) is 9.59 Å². The lowest BCUT2D eigenvalue weighted by Gasteiger charge is -2.46. The first-order valence-corrected chi connectivity index (χ1v) is 18.9. The highest BCUT2D eigenvalue weighted by molar-refractivity contribution is 7.00. The number of rotatable bonds is 6. The summed E-state index contributed by atoms with van der Waals surface area (Å²) in [5, 5.41) is 1.89. The van der Waals surface area contributed by atoms with E-state index >= 15 is 0 Å². The highest BCUT2D eigenvalue weighted by Crippen LogP contribution is 2.30. The first-order valence-electron chi connectivity index (χ1n) is 11.9. The van der Waals surface area contributed by atoms with Gasteiger partial charge >= 0.3 is 35.2 Å². The summed E-state index contributed by atoms with van der Waals surface area (Å²) in [6, 6.07) is 35.6. The number of benzene rings is 4. The van der Waals surface area contributed by atoms with Crippen molar-refractivity contribution in [2.24, 2.45) is 0 Å². The van der Waals surface area contributed by atoms with E-state index in [4.69, 9.17) is 25.3 Å². The molecule has 4 aromatic rings. The van der Waals surface area contributed by atoms with E-state index in [-0.39, 0.29) is 0 Å². The van der Waals surface area contributed by atoms with E-state index in [1.807, 2.05) is 24.3 Å². The molecule has 4 aromatic carbocycles. The summed E-state index contributed by atoms with van der Waals surface area (Å²) < 4.78 is 38.4. The van der Waals surface area contributed by atoms with Gasteiger partial charge in [0.15, 0.2) is 0 Å². The molecule has 0 spiro atoms. The van der Waals surface area contributed by atoms with Crippen LogP contribution in [-0.2, 0) is 25.3 Å². The molecule has 0 unspecified atom stereocenters. The Morgan fingerprint density at radius 3 is 0.895 bits per heavy atom. The van der Waals surface area contributed by atoms with Crippen LogP contribution in [0.1, 0.15) is 0 Å². The SMILES string of the molecule is CO[Si]1(c2ccccc2)O[Si](O)(c2ccccc2)O[Si](OC)(c2ccccc2)O[Si](O)(c2ccccc2)O1. The summed E-state index contributed by atoms with van der Waals surface area (Å²) in [7, 11) is -14.1. The first-order chi connectivity index (χ1) is 18.4. The molecule has 0 atom stereocenters. The van der Waals surface area contributed by atoms with Crippen LogP contribution in [0.25, 0.3) is 0 Å². The maximum Gasteiger partial charge on any atom is 0.522 e. The Labute approximate surface area is 226 Å². The van der Waals surface area contributed by atoms with Crippen molar-refractivity contribution in [2.45, 2.75) is 0 Å². The predicted molar refractivity (Wildman–Crippen MR) is 150 cm³/mol. The van der Waals surface area contributed by atoms with Crippen molar-refractivity contribution >= 4 is 56.0 Å². The quantitative estimate of drug-likeness (QED) is 0.323. The van der Waals surface area contributed by atoms with Gasteiger partial charge in [-0.3, -0.25) is 0 Å². The van der Waals surface area contributed by atoms with Crippen LogP contribution >= 0.6 is 0 Å². The molecular formula is C26H28O8Si4. The van der Waals surface area contributed by atoms with Crippen LogP contribution in [-0.4, -0.2) is 59.0 Å². The molecule has 196 valence electrons. The fourth-order valence-corrected chi connectivity index (χ4v) is 20.3. The van der Waals surface area contributed by atoms with E-state index in [0.29, 0.717) is 20.7 Å². The van der Waals surface area contributed by atoms with Crippen molar-refractivity contribution in [3.63, 3.8) is 0 Å². The van der Waals surface area contributed by atoms with Gasteiger partial charge in [-0.1, -0.05) is 121 Å². The third kappa shape index (κ3) is 5.05. The van der Waals surface area contributed by atoms with Gasteiger partial charge in [-0.2, -0.15) is 0 Å². The van der Waals surface area contributed by atoms with Crippen LogP contribution in [0.4, 0.5) is 0 Å². The molecule has 5 rings (SSSR count). The molecule has 12 heteroatoms. The zero-order valence-corrected chi connectivity index (χ0v) is 24.9. The van der Waals surface area contributed by atoms with Gasteiger partial charge in [0.05, 0.1) is 0 Å². The molecular weight excluding hydrogens is 553 g/mol. The van der Waals surface area contributed by atoms with Crippen molar-refractivity contribution < 1.29 is 34.9 Å². The fraction of sp³-hybridized carbons (Fsp3) is 0.0769. The average molecular weight is 581 g/mol. The standard InChI is InChI=1S/C26H28O8Si4/c1-29-37(25-19-11-5-12-20-25)31-35(27,23-15-7-3-8-16-23)33-38(30-2,26-21-13-6-14-22-26)34-36(28,32-37)24-17-9-4-10-18-24/h3-22,27-28H,1-2H3. The third-order valence-corrected chi connectivity index (χ3v) is 20.2. The first kappa shape index (κ1) is 27.0. The molecule has 1 saturated heterocycles. The van der Waals surface area contributed by atoms with Gasteiger partial charge in [-0.25, -0.2) is 0 Å². The molecule has 1 aliphatic heterocycles. The Balaban J connectivity index is 1.78. The highest BCUT2D eigenvalue weighted by Gasteiger charge is 2.68. The molecule has 2 N–H and O–H groups in total. The maximum absolute atomic E-state index is 12.3. The molecule has 0 aliphatic carbocycles. The van der Waals surface area contributed by atoms with Crippen molar-refractivity contribution in [3.8, 4) is 0 Å². The largest absolute Gasteiger partial charge is 0.522 e. The Morgan fingerprint density at radius 1 is 0.421 bits per heavy atom. The minimum atomic E-state index is -4.40. The van der Waals surface area contributed by atoms with Crippen molar-refractivity contribution in [3.05, 3.63) is 121 Å². The van der Waals surface area contributed by atoms with Crippen LogP contribution in [0.2, 0.25) is 0 Å².